The Morgan fingerprint density at radius 2 is 0.736 bits per heavy atom. The second-order valence-electron chi connectivity index (χ2n) is 27.8. The summed E-state index contributed by atoms with van der Waals surface area (Å²) in [4.78, 5) is 12.8. The van der Waals surface area contributed by atoms with Gasteiger partial charge in [-0.15, -0.1) is 22.7 Å². The number of ether oxygens (including phenoxy) is 1. The van der Waals surface area contributed by atoms with E-state index >= 15 is 0 Å². The van der Waals surface area contributed by atoms with E-state index in [1.807, 2.05) is 22.7 Å². The Morgan fingerprint density at radius 1 is 0.274 bits per heavy atom. The molecule has 0 radical (unpaired) electrons. The zero-order chi connectivity index (χ0) is 69.5. The molecule has 0 saturated heterocycles. The lowest BCUT2D eigenvalue weighted by Crippen LogP contribution is -2.64. The van der Waals surface area contributed by atoms with Crippen LogP contribution in [0.2, 0.25) is 0 Å². The third-order valence-corrected chi connectivity index (χ3v) is 24.3. The smallest absolute Gasteiger partial charge is 0.256 e. The first-order valence-corrected chi connectivity index (χ1v) is 37.9. The monoisotopic (exact) mass is 1390 g/mol. The Kier molecular flexibility index (Phi) is 13.8. The number of benzene rings is 16. The number of hydrogen-bond donors (Lipinski definition) is 0. The molecule has 6 heterocycles. The molecule has 0 aliphatic carbocycles. The molecule has 0 N–H and O–H groups in total. The van der Waals surface area contributed by atoms with E-state index in [4.69, 9.17) is 4.74 Å². The van der Waals surface area contributed by atoms with Gasteiger partial charge in [-0.05, 0) is 159 Å². The Hall–Kier alpha value is -13.1. The predicted molar refractivity (Wildman–Crippen MR) is 452 cm³/mol. The number of thiophene rings is 2. The molecule has 0 fully saturated rings. The van der Waals surface area contributed by atoms with Crippen molar-refractivity contribution in [1.82, 2.24) is 0 Å². The average molecular weight is 1390 g/mol. The maximum Gasteiger partial charge on any atom is 0.256 e. The summed E-state index contributed by atoms with van der Waals surface area (Å²) in [6.45, 7) is -0.506. The third kappa shape index (κ3) is 9.31. The maximum atomic E-state index is 7.62. The molecular formula is C96H61B2N5OS2. The molecule has 494 valence electrons. The summed E-state index contributed by atoms with van der Waals surface area (Å²) in [6, 6.07) is 137. The Morgan fingerprint density at radius 3 is 1.40 bits per heavy atom. The first-order chi connectivity index (χ1) is 52.6. The molecule has 0 amide bonds. The van der Waals surface area contributed by atoms with Crippen molar-refractivity contribution < 1.29 is 4.74 Å². The van der Waals surface area contributed by atoms with E-state index in [0.29, 0.717) is 0 Å². The van der Waals surface area contributed by atoms with Gasteiger partial charge in [0.2, 0.25) is 0 Å². The summed E-state index contributed by atoms with van der Waals surface area (Å²) in [5.41, 5.74) is 27.6. The van der Waals surface area contributed by atoms with E-state index in [1.54, 1.807) is 0 Å². The van der Waals surface area contributed by atoms with Crippen LogP contribution in [0.1, 0.15) is 0 Å². The SMILES string of the molecule is c1ccc(-c2cccc(-c3ccccc3)c2N2c3cc4c(cc3B3c5ccccc5Oc5cc(N(c6ccccc6)c6cccc7sc8ccccc8c67)cc2c53)B2c3ccccc3N(c3ccccc3)c3cc(N(c5ccccc5)c5cccc6c5sc5ccccc56)cc(c32)N4c2ccccc2)cc1. The number of para-hydroxylation sites is 7. The van der Waals surface area contributed by atoms with Crippen molar-refractivity contribution in [2.75, 3.05) is 24.5 Å². The summed E-state index contributed by atoms with van der Waals surface area (Å²) in [5.74, 6) is 1.65. The molecule has 2 aromatic heterocycles. The van der Waals surface area contributed by atoms with E-state index in [9.17, 15) is 0 Å². The van der Waals surface area contributed by atoms with Gasteiger partial charge in [0.25, 0.3) is 13.4 Å². The van der Waals surface area contributed by atoms with E-state index in [1.165, 1.54) is 62.2 Å². The van der Waals surface area contributed by atoms with Gasteiger partial charge in [-0.3, -0.25) is 0 Å². The van der Waals surface area contributed by atoms with Crippen LogP contribution < -0.4 is 62.0 Å². The molecule has 10 heteroatoms. The summed E-state index contributed by atoms with van der Waals surface area (Å²) < 4.78 is 12.6. The highest BCUT2D eigenvalue weighted by molar-refractivity contribution is 7.26. The first kappa shape index (κ1) is 60.5. The number of fused-ring (bicyclic) bond motifs is 14. The molecule has 22 rings (SSSR count). The van der Waals surface area contributed by atoms with Crippen molar-refractivity contribution in [2.45, 2.75) is 0 Å². The van der Waals surface area contributed by atoms with Crippen LogP contribution in [0.5, 0.6) is 11.5 Å². The molecule has 0 saturated carbocycles. The quantitative estimate of drug-likeness (QED) is 0.120. The fourth-order valence-corrected chi connectivity index (χ4v) is 20.0. The minimum Gasteiger partial charge on any atom is -0.458 e. The molecule has 0 spiro atoms. The number of nitrogens with zero attached hydrogens (tertiary/aromatic N) is 5. The average Bonchev–Trinajstić information content (AvgIpc) is 0.794. The van der Waals surface area contributed by atoms with Gasteiger partial charge >= 0.3 is 0 Å². The molecule has 18 aromatic rings. The summed E-state index contributed by atoms with van der Waals surface area (Å²) in [5, 5.41) is 4.94. The summed E-state index contributed by atoms with van der Waals surface area (Å²) in [7, 11) is 0. The highest BCUT2D eigenvalue weighted by Gasteiger charge is 2.49. The summed E-state index contributed by atoms with van der Waals surface area (Å²) >= 11 is 3.71. The van der Waals surface area contributed by atoms with Gasteiger partial charge in [-0.2, -0.15) is 0 Å². The van der Waals surface area contributed by atoms with E-state index in [2.05, 4.69) is 395 Å². The van der Waals surface area contributed by atoms with Crippen LogP contribution in [0, 0.1) is 0 Å². The number of hydrogen-bond acceptors (Lipinski definition) is 8. The maximum absolute atomic E-state index is 7.62. The van der Waals surface area contributed by atoms with Crippen LogP contribution in [0.4, 0.5) is 85.3 Å². The molecule has 106 heavy (non-hydrogen) atoms. The fourth-order valence-electron chi connectivity index (χ4n) is 17.7. The van der Waals surface area contributed by atoms with Gasteiger partial charge < -0.3 is 29.2 Å². The predicted octanol–water partition coefficient (Wildman–Crippen LogP) is 23.2. The van der Waals surface area contributed by atoms with Gasteiger partial charge in [0.05, 0.1) is 33.1 Å². The molecule has 4 aliphatic rings. The topological polar surface area (TPSA) is 25.4 Å². The zero-order valence-electron chi connectivity index (χ0n) is 57.3. The molecular weight excluding hydrogens is 1320 g/mol. The van der Waals surface area contributed by atoms with Gasteiger partial charge in [-0.25, -0.2) is 0 Å². The summed E-state index contributed by atoms with van der Waals surface area (Å²) in [6.07, 6.45) is 0. The third-order valence-electron chi connectivity index (χ3n) is 22.0. The molecule has 6 nitrogen and oxygen atoms in total. The lowest BCUT2D eigenvalue weighted by atomic mass is 9.30. The highest BCUT2D eigenvalue weighted by atomic mass is 32.1. The van der Waals surface area contributed by atoms with Gasteiger partial charge in [-0.1, -0.05) is 249 Å². The molecule has 0 bridgehead atoms. The van der Waals surface area contributed by atoms with Crippen LogP contribution in [-0.4, -0.2) is 13.4 Å². The minimum atomic E-state index is -0.275. The van der Waals surface area contributed by atoms with E-state index in [0.717, 1.165) is 130 Å². The minimum absolute atomic E-state index is 0.231. The first-order valence-electron chi connectivity index (χ1n) is 36.3. The van der Waals surface area contributed by atoms with Gasteiger partial charge in [0, 0.05) is 110 Å². The largest absolute Gasteiger partial charge is 0.458 e. The fraction of sp³-hybridized carbons (Fsp3) is 0. The van der Waals surface area contributed by atoms with Crippen molar-refractivity contribution in [3.8, 4) is 33.8 Å². The standard InChI is InChI=1S/C96H61B2N5OS2/c1-7-30-62(31-8-1)70-44-27-45-71(63-32-9-2-10-33-63)95(70)103-83-61-82-77(60-78(83)98-76-48-22-24-52-87(76)104-88-59-69(58-86(103)94(88)98)99(64-34-11-3-12-35-64)80-50-29-55-91-92(80)74-43-20-26-54-90(74)105-91)97-75-47-21-23-49-79(75)101(66-38-15-5-16-39-66)84-56-68(57-85(93(84)97)102(82)67-40-17-6-18-41-67)100(65-36-13-4-14-37-65)81-51-28-46-73-72-42-19-25-53-89(72)106-96(73)81/h1-61H. The molecule has 16 aromatic carbocycles. The van der Waals surface area contributed by atoms with E-state index < -0.39 is 0 Å². The van der Waals surface area contributed by atoms with Crippen molar-refractivity contribution in [1.29, 1.82) is 0 Å². The Bertz CT molecular complexity index is 6500. The van der Waals surface area contributed by atoms with Crippen molar-refractivity contribution >= 4 is 195 Å². The van der Waals surface area contributed by atoms with Gasteiger partial charge in [0.15, 0.2) is 0 Å². The Labute approximate surface area is 623 Å². The van der Waals surface area contributed by atoms with Crippen LogP contribution in [0.25, 0.3) is 62.6 Å². The van der Waals surface area contributed by atoms with E-state index in [-0.39, 0.29) is 13.4 Å². The number of rotatable bonds is 11. The molecule has 0 unspecified atom stereocenters. The van der Waals surface area contributed by atoms with Crippen LogP contribution in [0.15, 0.2) is 370 Å². The normalized spacial score (nSPS) is 12.9. The number of anilines is 15. The van der Waals surface area contributed by atoms with Crippen LogP contribution in [-0.2, 0) is 0 Å². The lowest BCUT2D eigenvalue weighted by Gasteiger charge is -2.47. The van der Waals surface area contributed by atoms with Gasteiger partial charge in [0.1, 0.15) is 11.5 Å². The highest BCUT2D eigenvalue weighted by Crippen LogP contribution is 2.56. The van der Waals surface area contributed by atoms with Crippen molar-refractivity contribution in [3.63, 3.8) is 0 Å². The zero-order valence-corrected chi connectivity index (χ0v) is 59.0. The van der Waals surface area contributed by atoms with Crippen molar-refractivity contribution in [3.05, 3.63) is 370 Å². The molecule has 0 atom stereocenters. The van der Waals surface area contributed by atoms with Crippen LogP contribution in [0.3, 0.4) is 0 Å². The lowest BCUT2D eigenvalue weighted by molar-refractivity contribution is 0.487. The second kappa shape index (κ2) is 24.3. The van der Waals surface area contributed by atoms with Crippen LogP contribution >= 0.6 is 22.7 Å². The van der Waals surface area contributed by atoms with Crippen molar-refractivity contribution in [2.24, 2.45) is 0 Å². The molecule has 4 aliphatic heterocycles. The Balaban J connectivity index is 0.877. The second-order valence-corrected chi connectivity index (χ2v) is 29.9.